The van der Waals surface area contributed by atoms with Crippen molar-refractivity contribution in [2.45, 2.75) is 6.61 Å². The van der Waals surface area contributed by atoms with Gasteiger partial charge in [-0.05, 0) is 23.8 Å². The Balaban J connectivity index is 2.05. The Hall–Kier alpha value is -2.43. The summed E-state index contributed by atoms with van der Waals surface area (Å²) in [5, 5.41) is 0. The van der Waals surface area contributed by atoms with E-state index < -0.39 is 0 Å². The Kier molecular flexibility index (Phi) is 4.07. The molecule has 0 aliphatic carbocycles. The number of hydrogen-bond acceptors (Lipinski definition) is 5. The number of aromatic nitrogens is 1. The SMILES string of the molecule is COc1cccc(COc2ccc(N)c(OC)n2)c1. The zero-order chi connectivity index (χ0) is 13.7. The van der Waals surface area contributed by atoms with Gasteiger partial charge in [0.2, 0.25) is 11.8 Å². The van der Waals surface area contributed by atoms with Crippen molar-refractivity contribution in [1.29, 1.82) is 0 Å². The molecule has 0 bridgehead atoms. The van der Waals surface area contributed by atoms with Crippen molar-refractivity contribution in [1.82, 2.24) is 4.98 Å². The number of nitrogens with two attached hydrogens (primary N) is 1. The second-order valence-corrected chi connectivity index (χ2v) is 3.89. The minimum absolute atomic E-state index is 0.364. The Morgan fingerprint density at radius 2 is 1.95 bits per heavy atom. The molecule has 1 aromatic heterocycles. The van der Waals surface area contributed by atoms with E-state index in [0.29, 0.717) is 24.1 Å². The van der Waals surface area contributed by atoms with Crippen LogP contribution in [-0.2, 0) is 6.61 Å². The molecule has 0 unspecified atom stereocenters. The van der Waals surface area contributed by atoms with Gasteiger partial charge in [0.25, 0.3) is 0 Å². The molecule has 0 atom stereocenters. The molecule has 2 rings (SSSR count). The highest BCUT2D eigenvalue weighted by molar-refractivity contribution is 5.49. The van der Waals surface area contributed by atoms with Gasteiger partial charge in [-0.1, -0.05) is 12.1 Å². The average Bonchev–Trinajstić information content (AvgIpc) is 2.46. The van der Waals surface area contributed by atoms with Crippen LogP contribution < -0.4 is 19.9 Å². The largest absolute Gasteiger partial charge is 0.497 e. The predicted octanol–water partition coefficient (Wildman–Crippen LogP) is 2.26. The van der Waals surface area contributed by atoms with Gasteiger partial charge in [0, 0.05) is 6.07 Å². The quantitative estimate of drug-likeness (QED) is 0.893. The van der Waals surface area contributed by atoms with Gasteiger partial charge < -0.3 is 19.9 Å². The fraction of sp³-hybridized carbons (Fsp3) is 0.214. The van der Waals surface area contributed by atoms with E-state index in [2.05, 4.69) is 4.98 Å². The van der Waals surface area contributed by atoms with Crippen LogP contribution in [-0.4, -0.2) is 19.2 Å². The topological polar surface area (TPSA) is 66.6 Å². The molecule has 0 saturated carbocycles. The number of pyridine rings is 1. The van der Waals surface area contributed by atoms with Crippen LogP contribution in [0, 0.1) is 0 Å². The summed E-state index contributed by atoms with van der Waals surface area (Å²) in [5.41, 5.74) is 7.17. The molecule has 0 fully saturated rings. The molecule has 2 aromatic rings. The molecule has 5 nitrogen and oxygen atoms in total. The monoisotopic (exact) mass is 260 g/mol. The molecule has 0 radical (unpaired) electrons. The molecule has 100 valence electrons. The summed E-state index contributed by atoms with van der Waals surface area (Å²) in [4.78, 5) is 4.15. The average molecular weight is 260 g/mol. The van der Waals surface area contributed by atoms with Crippen LogP contribution in [0.15, 0.2) is 36.4 Å². The third kappa shape index (κ3) is 3.28. The maximum atomic E-state index is 5.69. The molecule has 0 aliphatic heterocycles. The van der Waals surface area contributed by atoms with Crippen molar-refractivity contribution in [2.24, 2.45) is 0 Å². The molecule has 5 heteroatoms. The maximum absolute atomic E-state index is 5.69. The summed E-state index contributed by atoms with van der Waals surface area (Å²) < 4.78 is 15.8. The van der Waals surface area contributed by atoms with Crippen molar-refractivity contribution in [3.8, 4) is 17.5 Å². The fourth-order valence-electron chi connectivity index (χ4n) is 1.60. The molecule has 0 amide bonds. The summed E-state index contributed by atoms with van der Waals surface area (Å²) >= 11 is 0. The lowest BCUT2D eigenvalue weighted by atomic mass is 10.2. The standard InChI is InChI=1S/C14H16N2O3/c1-17-11-5-3-4-10(8-11)9-19-13-7-6-12(15)14(16-13)18-2/h3-8H,9,15H2,1-2H3. The van der Waals surface area contributed by atoms with Gasteiger partial charge in [-0.2, -0.15) is 4.98 Å². The lowest BCUT2D eigenvalue weighted by molar-refractivity contribution is 0.286. The first-order chi connectivity index (χ1) is 9.22. The van der Waals surface area contributed by atoms with Gasteiger partial charge in [0.05, 0.1) is 19.9 Å². The van der Waals surface area contributed by atoms with Gasteiger partial charge in [-0.3, -0.25) is 0 Å². The summed E-state index contributed by atoms with van der Waals surface area (Å²) in [5.74, 6) is 1.63. The first-order valence-electron chi connectivity index (χ1n) is 5.79. The van der Waals surface area contributed by atoms with Gasteiger partial charge in [-0.15, -0.1) is 0 Å². The van der Waals surface area contributed by atoms with E-state index in [1.54, 1.807) is 19.2 Å². The second kappa shape index (κ2) is 5.95. The molecule has 2 N–H and O–H groups in total. The number of anilines is 1. The van der Waals surface area contributed by atoms with Crippen LogP contribution >= 0.6 is 0 Å². The van der Waals surface area contributed by atoms with Crippen LogP contribution in [0.3, 0.4) is 0 Å². The number of benzene rings is 1. The van der Waals surface area contributed by atoms with E-state index in [1.807, 2.05) is 24.3 Å². The van der Waals surface area contributed by atoms with Crippen LogP contribution in [0.4, 0.5) is 5.69 Å². The zero-order valence-electron chi connectivity index (χ0n) is 10.9. The Morgan fingerprint density at radius 3 is 2.68 bits per heavy atom. The van der Waals surface area contributed by atoms with E-state index in [1.165, 1.54) is 7.11 Å². The summed E-state index contributed by atoms with van der Waals surface area (Å²) in [7, 11) is 3.15. The highest BCUT2D eigenvalue weighted by Gasteiger charge is 2.04. The van der Waals surface area contributed by atoms with Gasteiger partial charge in [0.15, 0.2) is 0 Å². The lowest BCUT2D eigenvalue weighted by Crippen LogP contribution is -2.00. The van der Waals surface area contributed by atoms with Crippen LogP contribution in [0.25, 0.3) is 0 Å². The van der Waals surface area contributed by atoms with E-state index in [4.69, 9.17) is 19.9 Å². The van der Waals surface area contributed by atoms with Crippen molar-refractivity contribution in [2.75, 3.05) is 20.0 Å². The van der Waals surface area contributed by atoms with Crippen molar-refractivity contribution in [3.05, 3.63) is 42.0 Å². The Morgan fingerprint density at radius 1 is 1.11 bits per heavy atom. The molecule has 1 aromatic carbocycles. The predicted molar refractivity (Wildman–Crippen MR) is 72.5 cm³/mol. The van der Waals surface area contributed by atoms with E-state index in [0.717, 1.165) is 11.3 Å². The number of methoxy groups -OCH3 is 2. The van der Waals surface area contributed by atoms with Crippen molar-refractivity contribution in [3.63, 3.8) is 0 Å². The minimum atomic E-state index is 0.364. The summed E-state index contributed by atoms with van der Waals surface area (Å²) in [6.07, 6.45) is 0. The normalized spacial score (nSPS) is 10.0. The smallest absolute Gasteiger partial charge is 0.240 e. The fourth-order valence-corrected chi connectivity index (χ4v) is 1.60. The third-order valence-electron chi connectivity index (χ3n) is 2.58. The number of rotatable bonds is 5. The number of nitrogens with zero attached hydrogens (tertiary/aromatic N) is 1. The number of nitrogen functional groups attached to an aromatic ring is 1. The first kappa shape index (κ1) is 13.0. The molecule has 1 heterocycles. The summed E-state index contributed by atoms with van der Waals surface area (Å²) in [6, 6.07) is 11.1. The maximum Gasteiger partial charge on any atom is 0.240 e. The molecule has 19 heavy (non-hydrogen) atoms. The lowest BCUT2D eigenvalue weighted by Gasteiger charge is -2.09. The van der Waals surface area contributed by atoms with Crippen molar-refractivity contribution >= 4 is 5.69 Å². The van der Waals surface area contributed by atoms with E-state index in [9.17, 15) is 0 Å². The highest BCUT2D eigenvalue weighted by Crippen LogP contribution is 2.22. The first-order valence-corrected chi connectivity index (χ1v) is 5.79. The molecular weight excluding hydrogens is 244 g/mol. The Labute approximate surface area is 111 Å². The van der Waals surface area contributed by atoms with E-state index in [-0.39, 0.29) is 0 Å². The van der Waals surface area contributed by atoms with Gasteiger partial charge >= 0.3 is 0 Å². The van der Waals surface area contributed by atoms with Crippen molar-refractivity contribution < 1.29 is 14.2 Å². The van der Waals surface area contributed by atoms with Gasteiger partial charge in [-0.25, -0.2) is 0 Å². The number of hydrogen-bond donors (Lipinski definition) is 1. The zero-order valence-corrected chi connectivity index (χ0v) is 10.9. The van der Waals surface area contributed by atoms with Gasteiger partial charge in [0.1, 0.15) is 12.4 Å². The minimum Gasteiger partial charge on any atom is -0.497 e. The Bertz CT molecular complexity index is 558. The molecule has 0 aliphatic rings. The van der Waals surface area contributed by atoms with E-state index >= 15 is 0 Å². The highest BCUT2D eigenvalue weighted by atomic mass is 16.5. The molecule has 0 spiro atoms. The summed E-state index contributed by atoms with van der Waals surface area (Å²) in [6.45, 7) is 0.400. The second-order valence-electron chi connectivity index (χ2n) is 3.89. The molecule has 0 saturated heterocycles. The molecular formula is C14H16N2O3. The van der Waals surface area contributed by atoms with Crippen LogP contribution in [0.5, 0.6) is 17.5 Å². The number of ether oxygens (including phenoxy) is 3. The van der Waals surface area contributed by atoms with Crippen LogP contribution in [0.2, 0.25) is 0 Å². The third-order valence-corrected chi connectivity index (χ3v) is 2.58. The van der Waals surface area contributed by atoms with Crippen LogP contribution in [0.1, 0.15) is 5.56 Å².